The zero-order valence-corrected chi connectivity index (χ0v) is 8.65. The van der Waals surface area contributed by atoms with Crippen LogP contribution in [0.4, 0.5) is 0 Å². The molecular weight excluding hydrogens is 261 g/mol. The molecule has 0 atom stereocenters. The smallest absolute Gasteiger partial charge is 0.232 e. The Balaban J connectivity index is 2.43. The molecule has 0 radical (unpaired) electrons. The lowest BCUT2D eigenvalue weighted by Gasteiger charge is -2.13. The normalized spacial score (nSPS) is 20.9. The first kappa shape index (κ1) is 8.64. The molecule has 0 aromatic heterocycles. The van der Waals surface area contributed by atoms with Crippen molar-refractivity contribution in [3.05, 3.63) is 0 Å². The minimum atomic E-state index is 0.303. The van der Waals surface area contributed by atoms with E-state index in [-0.39, 0.29) is 0 Å². The van der Waals surface area contributed by atoms with Crippen molar-refractivity contribution in [1.29, 1.82) is 0 Å². The average Bonchev–Trinajstić information content (AvgIpc) is 2.13. The lowest BCUT2D eigenvalue weighted by atomic mass is 10.2. The Morgan fingerprint density at radius 1 is 1.40 bits per heavy atom. The van der Waals surface area contributed by atoms with Crippen molar-refractivity contribution in [3.63, 3.8) is 0 Å². The van der Waals surface area contributed by atoms with Gasteiger partial charge in [-0.15, -0.1) is 0 Å². The summed E-state index contributed by atoms with van der Waals surface area (Å²) in [5.74, 6) is 0.303. The number of nitrogens with zero attached hydrogens (tertiary/aromatic N) is 1. The van der Waals surface area contributed by atoms with Gasteiger partial charge in [-0.05, 0) is 12.8 Å². The van der Waals surface area contributed by atoms with Crippen LogP contribution in [0.5, 0.6) is 0 Å². The van der Waals surface area contributed by atoms with Gasteiger partial charge in [-0.3, -0.25) is 9.10 Å². The Kier molecular flexibility index (Phi) is 3.83. The molecule has 4 heteroatoms. The van der Waals surface area contributed by atoms with Gasteiger partial charge in [0.05, 0.1) is 0 Å². The van der Waals surface area contributed by atoms with Gasteiger partial charge < -0.3 is 0 Å². The number of rotatable bonds is 1. The van der Waals surface area contributed by atoms with Crippen molar-refractivity contribution >= 4 is 36.2 Å². The zero-order valence-electron chi connectivity index (χ0n) is 5.68. The van der Waals surface area contributed by atoms with Gasteiger partial charge in [0.15, 0.2) is 0 Å². The maximum Gasteiger partial charge on any atom is 0.232 e. The molecule has 0 aliphatic carbocycles. The molecule has 1 aliphatic rings. The van der Waals surface area contributed by atoms with Crippen molar-refractivity contribution in [2.45, 2.75) is 25.7 Å². The lowest BCUT2D eigenvalue weighted by molar-refractivity contribution is -0.125. The van der Waals surface area contributed by atoms with Gasteiger partial charge in [0, 0.05) is 43.3 Å². The predicted octanol–water partition coefficient (Wildman–Crippen LogP) is 2.39. The van der Waals surface area contributed by atoms with E-state index in [1.165, 1.54) is 22.0 Å². The van der Waals surface area contributed by atoms with E-state index in [0.29, 0.717) is 5.91 Å². The molecule has 0 spiro atoms. The molecule has 2 nitrogen and oxygen atoms in total. The number of carbonyl (C=O) groups excluding carboxylic acids is 1. The summed E-state index contributed by atoms with van der Waals surface area (Å²) in [5.41, 5.74) is 0. The first-order valence-corrected chi connectivity index (χ1v) is 6.75. The number of carbonyl (C=O) groups is 1. The highest BCUT2D eigenvalue weighted by molar-refractivity contribution is 14.2. The van der Waals surface area contributed by atoms with Crippen LogP contribution in [0.2, 0.25) is 0 Å². The van der Waals surface area contributed by atoms with Gasteiger partial charge in [-0.2, -0.15) is 0 Å². The third kappa shape index (κ3) is 2.30. The second kappa shape index (κ2) is 4.43. The van der Waals surface area contributed by atoms with Crippen LogP contribution in [0, 0.1) is 0 Å². The van der Waals surface area contributed by atoms with Crippen LogP contribution in [0.3, 0.4) is 0 Å². The number of halogens is 1. The third-order valence-corrected chi connectivity index (χ3v) is 3.59. The summed E-state index contributed by atoms with van der Waals surface area (Å²) in [5, 5.41) is 0. The Morgan fingerprint density at radius 3 is 2.90 bits per heavy atom. The standard InChI is InChI=1S/C6H10INOS/c7-10-8-5-3-1-2-4-6(8)9/h1-5H2. The predicted molar refractivity (Wildman–Crippen MR) is 51.8 cm³/mol. The van der Waals surface area contributed by atoms with E-state index in [9.17, 15) is 4.79 Å². The van der Waals surface area contributed by atoms with Crippen LogP contribution >= 0.6 is 30.3 Å². The van der Waals surface area contributed by atoms with Crippen LogP contribution < -0.4 is 0 Å². The topological polar surface area (TPSA) is 20.3 Å². The summed E-state index contributed by atoms with van der Waals surface area (Å²) in [6.07, 6.45) is 4.20. The summed E-state index contributed by atoms with van der Waals surface area (Å²) < 4.78 is 1.85. The molecule has 1 rings (SSSR count). The summed E-state index contributed by atoms with van der Waals surface area (Å²) in [6, 6.07) is 0. The summed E-state index contributed by atoms with van der Waals surface area (Å²) in [7, 11) is 1.52. The Labute approximate surface area is 77.4 Å². The molecule has 1 heterocycles. The lowest BCUT2D eigenvalue weighted by Crippen LogP contribution is -2.21. The summed E-state index contributed by atoms with van der Waals surface area (Å²) in [6.45, 7) is 0.937. The van der Waals surface area contributed by atoms with Crippen molar-refractivity contribution in [3.8, 4) is 0 Å². The van der Waals surface area contributed by atoms with E-state index in [1.807, 2.05) is 4.31 Å². The van der Waals surface area contributed by atoms with Gasteiger partial charge >= 0.3 is 0 Å². The van der Waals surface area contributed by atoms with Crippen LogP contribution in [-0.4, -0.2) is 16.8 Å². The van der Waals surface area contributed by atoms with E-state index in [0.717, 1.165) is 19.4 Å². The maximum absolute atomic E-state index is 11.1. The third-order valence-electron chi connectivity index (χ3n) is 1.61. The number of amides is 1. The van der Waals surface area contributed by atoms with E-state index in [2.05, 4.69) is 21.2 Å². The molecule has 58 valence electrons. The molecule has 0 aromatic rings. The Bertz CT molecular complexity index is 131. The first-order valence-electron chi connectivity index (χ1n) is 3.43. The highest BCUT2D eigenvalue weighted by atomic mass is 127. The van der Waals surface area contributed by atoms with Crippen LogP contribution in [-0.2, 0) is 4.79 Å². The molecule has 1 saturated heterocycles. The Morgan fingerprint density at radius 2 is 2.20 bits per heavy atom. The molecule has 0 saturated carbocycles. The molecule has 1 aliphatic heterocycles. The van der Waals surface area contributed by atoms with Crippen LogP contribution in [0.1, 0.15) is 25.7 Å². The molecule has 10 heavy (non-hydrogen) atoms. The molecule has 0 N–H and O–H groups in total. The maximum atomic E-state index is 11.1. The SMILES string of the molecule is O=C1CCCCCN1SI. The molecule has 0 unspecified atom stereocenters. The summed E-state index contributed by atoms with van der Waals surface area (Å²) >= 11 is 2.16. The van der Waals surface area contributed by atoms with Crippen LogP contribution in [0.25, 0.3) is 0 Å². The van der Waals surface area contributed by atoms with Gasteiger partial charge in [0.1, 0.15) is 0 Å². The van der Waals surface area contributed by atoms with E-state index < -0.39 is 0 Å². The van der Waals surface area contributed by atoms with E-state index in [1.54, 1.807) is 0 Å². The van der Waals surface area contributed by atoms with Crippen molar-refractivity contribution in [2.24, 2.45) is 0 Å². The quantitative estimate of drug-likeness (QED) is 0.539. The highest BCUT2D eigenvalue weighted by Crippen LogP contribution is 2.23. The van der Waals surface area contributed by atoms with Crippen molar-refractivity contribution in [2.75, 3.05) is 6.54 Å². The minimum Gasteiger partial charge on any atom is -0.278 e. The second-order valence-electron chi connectivity index (χ2n) is 2.38. The fourth-order valence-electron chi connectivity index (χ4n) is 1.03. The van der Waals surface area contributed by atoms with Gasteiger partial charge in [0.25, 0.3) is 0 Å². The van der Waals surface area contributed by atoms with E-state index >= 15 is 0 Å². The van der Waals surface area contributed by atoms with Crippen molar-refractivity contribution < 1.29 is 4.79 Å². The minimum absolute atomic E-state index is 0.303. The number of hydrogen-bond donors (Lipinski definition) is 0. The number of hydrogen-bond acceptors (Lipinski definition) is 2. The molecule has 0 bridgehead atoms. The Hall–Kier alpha value is 0.550. The fourth-order valence-corrected chi connectivity index (χ4v) is 2.65. The molecule has 1 amide bonds. The van der Waals surface area contributed by atoms with Gasteiger partial charge in [0.2, 0.25) is 5.91 Å². The first-order chi connectivity index (χ1) is 4.84. The molecular formula is C6H10INOS. The summed E-state index contributed by atoms with van der Waals surface area (Å²) in [4.78, 5) is 11.1. The van der Waals surface area contributed by atoms with Gasteiger partial charge in [-0.25, -0.2) is 0 Å². The van der Waals surface area contributed by atoms with Crippen molar-refractivity contribution in [1.82, 2.24) is 4.31 Å². The highest BCUT2D eigenvalue weighted by Gasteiger charge is 2.15. The van der Waals surface area contributed by atoms with Crippen LogP contribution in [0.15, 0.2) is 0 Å². The zero-order chi connectivity index (χ0) is 7.40. The largest absolute Gasteiger partial charge is 0.278 e. The monoisotopic (exact) mass is 271 g/mol. The van der Waals surface area contributed by atoms with Gasteiger partial charge in [-0.1, -0.05) is 6.42 Å². The molecule has 0 aromatic carbocycles. The fraction of sp³-hybridized carbons (Fsp3) is 0.833. The van der Waals surface area contributed by atoms with E-state index in [4.69, 9.17) is 0 Å². The second-order valence-corrected chi connectivity index (χ2v) is 4.14. The average molecular weight is 271 g/mol. The molecule has 1 fully saturated rings.